The maximum atomic E-state index is 13.8. The fraction of sp³-hybridized carbons (Fsp3) is 0.868. The van der Waals surface area contributed by atoms with Crippen LogP contribution in [0.4, 0.5) is 0 Å². The van der Waals surface area contributed by atoms with Crippen molar-refractivity contribution in [3.05, 3.63) is 11.6 Å². The number of imide groups is 1. The Kier molecular flexibility index (Phi) is 21.6. The summed E-state index contributed by atoms with van der Waals surface area (Å²) in [7, 11) is 1.70. The molecule has 1 heterocycles. The lowest BCUT2D eigenvalue weighted by atomic mass is 9.47. The predicted octanol–water partition coefficient (Wildman–Crippen LogP) is 10.7. The van der Waals surface area contributed by atoms with Crippen molar-refractivity contribution in [2.75, 3.05) is 32.5 Å². The number of amides is 3. The van der Waals surface area contributed by atoms with E-state index < -0.39 is 16.3 Å². The minimum Gasteiger partial charge on any atom is -0.462 e. The highest BCUT2D eigenvalue weighted by Gasteiger charge is 2.59. The molecule has 5 aliphatic rings. The van der Waals surface area contributed by atoms with Crippen LogP contribution in [0, 0.1) is 51.8 Å². The Morgan fingerprint density at radius 2 is 1.64 bits per heavy atom. The van der Waals surface area contributed by atoms with Crippen LogP contribution < -0.4 is 10.6 Å². The van der Waals surface area contributed by atoms with E-state index in [0.29, 0.717) is 23.5 Å². The minimum atomic E-state index is -0.865. The van der Waals surface area contributed by atoms with E-state index in [1.807, 2.05) is 55.4 Å². The summed E-state index contributed by atoms with van der Waals surface area (Å²) in [5.41, 5.74) is 0.519. The summed E-state index contributed by atoms with van der Waals surface area (Å²) in [4.78, 5) is 65.0. The second kappa shape index (κ2) is 24.7. The van der Waals surface area contributed by atoms with Gasteiger partial charge in [0.1, 0.15) is 11.9 Å². The number of carbonyl (C=O) groups is 5. The van der Waals surface area contributed by atoms with E-state index in [4.69, 9.17) is 9.47 Å². The van der Waals surface area contributed by atoms with Gasteiger partial charge in [0, 0.05) is 31.7 Å². The van der Waals surface area contributed by atoms with Gasteiger partial charge in [-0.2, -0.15) is 0 Å². The maximum absolute atomic E-state index is 13.8. The van der Waals surface area contributed by atoms with Crippen LogP contribution in [-0.4, -0.2) is 89.9 Å². The summed E-state index contributed by atoms with van der Waals surface area (Å²) in [5, 5.41) is 5.37. The molecule has 0 radical (unpaired) electrons. The summed E-state index contributed by atoms with van der Waals surface area (Å²) >= 11 is 1.32. The minimum absolute atomic E-state index is 0.0118. The second-order valence-electron chi connectivity index (χ2n) is 21.7. The van der Waals surface area contributed by atoms with E-state index in [1.165, 1.54) is 75.0 Å². The lowest BCUT2D eigenvalue weighted by molar-refractivity contribution is -0.170. The standard InChI is InChI=1S/C49H81N3O7S.2C2H6/c1-31(2)14-12-15-32(3)37-21-22-38-36-20-18-34-17-19-35(27-49(34,10)39(36)23-24-48(37,38)9)59-45(57)46(5,6)30-58-47(7,8)29-51-42(54)16-13-25-52-43(55)26-41(44(52)56)60-28-40(50-11)33(4)53;2*1-2/h18,31-32,35-41,50H,12-17,19-30H2,1-11H3,(H,51,54);2*1-2H3. The number of hydrogen-bond acceptors (Lipinski definition) is 9. The highest BCUT2D eigenvalue weighted by molar-refractivity contribution is 8.00. The molecule has 11 heteroatoms. The first-order valence-electron chi connectivity index (χ1n) is 25.6. The van der Waals surface area contributed by atoms with Gasteiger partial charge in [0.2, 0.25) is 17.7 Å². The first-order valence-corrected chi connectivity index (χ1v) is 26.6. The van der Waals surface area contributed by atoms with Crippen molar-refractivity contribution in [3.8, 4) is 0 Å². The van der Waals surface area contributed by atoms with Crippen LogP contribution in [0.1, 0.15) is 187 Å². The zero-order chi connectivity index (χ0) is 48.2. The Morgan fingerprint density at radius 3 is 2.28 bits per heavy atom. The highest BCUT2D eigenvalue weighted by atomic mass is 32.2. The monoisotopic (exact) mass is 916 g/mol. The average molecular weight is 916 g/mol. The van der Waals surface area contributed by atoms with Gasteiger partial charge in [-0.15, -0.1) is 11.8 Å². The number of nitrogens with one attached hydrogen (secondary N) is 2. The molecule has 0 spiro atoms. The Balaban J connectivity index is 0.00000265. The van der Waals surface area contributed by atoms with Gasteiger partial charge in [-0.05, 0) is 146 Å². The predicted molar refractivity (Wildman–Crippen MR) is 263 cm³/mol. The molecular weight excluding hydrogens is 823 g/mol. The molecule has 0 aromatic rings. The van der Waals surface area contributed by atoms with E-state index in [2.05, 4.69) is 51.3 Å². The summed E-state index contributed by atoms with van der Waals surface area (Å²) in [5.74, 6) is 4.06. The van der Waals surface area contributed by atoms with Crippen LogP contribution in [0.2, 0.25) is 0 Å². The van der Waals surface area contributed by atoms with Gasteiger partial charge >= 0.3 is 5.97 Å². The number of thioether (sulfide) groups is 1. The van der Waals surface area contributed by atoms with Crippen molar-refractivity contribution in [3.63, 3.8) is 0 Å². The molecule has 1 saturated heterocycles. The van der Waals surface area contributed by atoms with Crippen molar-refractivity contribution < 1.29 is 33.4 Å². The molecule has 5 rings (SSSR count). The van der Waals surface area contributed by atoms with Crippen molar-refractivity contribution in [1.82, 2.24) is 15.5 Å². The van der Waals surface area contributed by atoms with E-state index in [9.17, 15) is 24.0 Å². The Morgan fingerprint density at radius 1 is 0.953 bits per heavy atom. The number of carbonyl (C=O) groups excluding carboxylic acids is 5. The molecule has 10 unspecified atom stereocenters. The van der Waals surface area contributed by atoms with E-state index in [-0.39, 0.29) is 79.6 Å². The van der Waals surface area contributed by atoms with Crippen LogP contribution in [0.25, 0.3) is 0 Å². The number of nitrogens with zero attached hydrogens (tertiary/aromatic N) is 1. The van der Waals surface area contributed by atoms with Crippen LogP contribution in [0.3, 0.4) is 0 Å². The van der Waals surface area contributed by atoms with Crippen molar-refractivity contribution in [1.29, 1.82) is 0 Å². The van der Waals surface area contributed by atoms with Crippen LogP contribution in [0.5, 0.6) is 0 Å². The van der Waals surface area contributed by atoms with Crippen molar-refractivity contribution in [2.24, 2.45) is 51.8 Å². The maximum Gasteiger partial charge on any atom is 0.314 e. The summed E-state index contributed by atoms with van der Waals surface area (Å²) in [6.45, 7) is 30.0. The average Bonchev–Trinajstić information content (AvgIpc) is 3.74. The molecule has 368 valence electrons. The summed E-state index contributed by atoms with van der Waals surface area (Å²) in [6, 6.07) is -0.364. The zero-order valence-corrected chi connectivity index (χ0v) is 44.0. The molecule has 4 fully saturated rings. The van der Waals surface area contributed by atoms with Gasteiger partial charge in [0.25, 0.3) is 0 Å². The lowest BCUT2D eigenvalue weighted by Gasteiger charge is -2.58. The molecule has 3 saturated carbocycles. The lowest BCUT2D eigenvalue weighted by Crippen LogP contribution is -2.52. The van der Waals surface area contributed by atoms with E-state index in [1.54, 1.807) is 12.6 Å². The van der Waals surface area contributed by atoms with E-state index in [0.717, 1.165) is 48.9 Å². The fourth-order valence-corrected chi connectivity index (χ4v) is 13.4. The Labute approximate surface area is 394 Å². The van der Waals surface area contributed by atoms with Gasteiger partial charge in [-0.3, -0.25) is 28.9 Å². The number of likely N-dealkylation sites (tertiary alicyclic amines) is 1. The number of rotatable bonds is 21. The molecule has 1 aliphatic heterocycles. The Bertz CT molecular complexity index is 1590. The zero-order valence-electron chi connectivity index (χ0n) is 43.2. The number of allylic oxidation sites excluding steroid dienone is 2. The molecular formula is C53H93N3O7S. The van der Waals surface area contributed by atoms with E-state index >= 15 is 0 Å². The fourth-order valence-electron chi connectivity index (χ4n) is 12.1. The van der Waals surface area contributed by atoms with Gasteiger partial charge in [-0.1, -0.05) is 93.2 Å². The molecule has 10 nitrogen and oxygen atoms in total. The molecule has 0 aromatic heterocycles. The topological polar surface area (TPSA) is 131 Å². The second-order valence-corrected chi connectivity index (χ2v) is 23.0. The number of ether oxygens (including phenoxy) is 2. The van der Waals surface area contributed by atoms with Gasteiger partial charge in [0.15, 0.2) is 0 Å². The summed E-state index contributed by atoms with van der Waals surface area (Å²) < 4.78 is 12.7. The number of ketones is 1. The third-order valence-corrected chi connectivity index (χ3v) is 17.2. The Hall–Kier alpha value is -2.24. The van der Waals surface area contributed by atoms with Crippen LogP contribution >= 0.6 is 11.8 Å². The molecule has 2 N–H and O–H groups in total. The summed E-state index contributed by atoms with van der Waals surface area (Å²) in [6.07, 6.45) is 16.5. The molecule has 4 aliphatic carbocycles. The number of fused-ring (bicyclic) bond motifs is 5. The third-order valence-electron chi connectivity index (χ3n) is 15.9. The quantitative estimate of drug-likeness (QED) is 0.0656. The van der Waals surface area contributed by atoms with Crippen molar-refractivity contribution in [2.45, 2.75) is 210 Å². The largest absolute Gasteiger partial charge is 0.462 e. The van der Waals surface area contributed by atoms with Crippen LogP contribution in [0.15, 0.2) is 11.6 Å². The number of Topliss-reactive ketones (excluding diaryl/α,β-unsaturated/α-hetero) is 1. The molecule has 3 amide bonds. The first-order chi connectivity index (χ1) is 30.1. The van der Waals surface area contributed by atoms with Crippen LogP contribution in [-0.2, 0) is 33.4 Å². The smallest absolute Gasteiger partial charge is 0.314 e. The first kappa shape index (κ1) is 56.1. The SMILES string of the molecule is CC.CC.CNC(CSC1CC(=O)N(CCCC(=O)NCC(C)(C)OCC(C)(C)C(=O)OC2CCC3=CCC4C(CCC5(C)C(C(C)CCCC(C)C)CCC45)C3(C)C2)C1=O)C(C)=O. The third kappa shape index (κ3) is 13.9. The molecule has 0 bridgehead atoms. The normalized spacial score (nSPS) is 29.8. The van der Waals surface area contributed by atoms with Gasteiger partial charge in [0.05, 0.1) is 28.9 Å². The molecule has 0 aromatic carbocycles. The number of hydrogen-bond donors (Lipinski definition) is 2. The molecule has 64 heavy (non-hydrogen) atoms. The van der Waals surface area contributed by atoms with Crippen molar-refractivity contribution >= 4 is 41.2 Å². The van der Waals surface area contributed by atoms with Gasteiger partial charge in [-0.25, -0.2) is 0 Å². The number of likely N-dealkylation sites (N-methyl/N-ethyl adjacent to an activating group) is 1. The van der Waals surface area contributed by atoms with Gasteiger partial charge < -0.3 is 20.1 Å². The number of esters is 1. The highest BCUT2D eigenvalue weighted by Crippen LogP contribution is 2.67. The molecule has 10 atom stereocenters.